The molecule has 0 unspecified atom stereocenters. The fourth-order valence-electron chi connectivity index (χ4n) is 6.79. The highest BCUT2D eigenvalue weighted by Crippen LogP contribution is 2.42. The standard InChI is InChI=1S/C45H28ClNS/c46-42-18-6-5-15-40(42)45-47-44-41(34-25-23-33(24-26-34)39-17-8-12-31-10-2-4-14-37(31)39)27-35(28-43(44)48-45)29-19-21-32(22-20-29)38-16-7-11-30-9-1-3-13-36(30)38/h1-28H. The third kappa shape index (κ3) is 5.07. The zero-order valence-electron chi connectivity index (χ0n) is 25.9. The number of benzene rings is 8. The number of halogens is 1. The summed E-state index contributed by atoms with van der Waals surface area (Å²) in [6.45, 7) is 0. The molecule has 0 bridgehead atoms. The maximum absolute atomic E-state index is 6.66. The second kappa shape index (κ2) is 11.9. The fourth-order valence-corrected chi connectivity index (χ4v) is 8.14. The van der Waals surface area contributed by atoms with Crippen molar-refractivity contribution in [3.63, 3.8) is 0 Å². The Morgan fingerprint density at radius 3 is 1.48 bits per heavy atom. The van der Waals surface area contributed by atoms with E-state index in [1.54, 1.807) is 11.3 Å². The molecule has 0 aliphatic rings. The van der Waals surface area contributed by atoms with Gasteiger partial charge in [-0.2, -0.15) is 0 Å². The van der Waals surface area contributed by atoms with Crippen LogP contribution in [0.15, 0.2) is 170 Å². The van der Waals surface area contributed by atoms with E-state index >= 15 is 0 Å². The van der Waals surface area contributed by atoms with Crippen LogP contribution in [0.2, 0.25) is 5.02 Å². The second-order valence-electron chi connectivity index (χ2n) is 12.1. The first-order valence-corrected chi connectivity index (χ1v) is 17.3. The molecule has 8 aromatic carbocycles. The lowest BCUT2D eigenvalue weighted by Crippen LogP contribution is -1.87. The van der Waals surface area contributed by atoms with Crippen molar-refractivity contribution >= 4 is 54.7 Å². The minimum Gasteiger partial charge on any atom is -0.235 e. The van der Waals surface area contributed by atoms with Gasteiger partial charge in [-0.05, 0) is 78.7 Å². The van der Waals surface area contributed by atoms with E-state index in [0.717, 1.165) is 37.5 Å². The van der Waals surface area contributed by atoms with Crippen molar-refractivity contribution in [3.8, 4) is 55.1 Å². The van der Waals surface area contributed by atoms with Crippen molar-refractivity contribution in [2.24, 2.45) is 0 Å². The molecular formula is C45H28ClNS. The van der Waals surface area contributed by atoms with Gasteiger partial charge in [-0.3, -0.25) is 0 Å². The molecule has 0 spiro atoms. The molecule has 0 fully saturated rings. The molecule has 3 heteroatoms. The molecule has 9 aromatic rings. The van der Waals surface area contributed by atoms with Gasteiger partial charge in [0, 0.05) is 11.1 Å². The maximum Gasteiger partial charge on any atom is 0.126 e. The van der Waals surface area contributed by atoms with Crippen LogP contribution in [0.25, 0.3) is 86.8 Å². The van der Waals surface area contributed by atoms with Crippen LogP contribution in [-0.4, -0.2) is 4.98 Å². The van der Waals surface area contributed by atoms with Crippen molar-refractivity contribution in [2.45, 2.75) is 0 Å². The third-order valence-corrected chi connectivity index (χ3v) is 10.6. The van der Waals surface area contributed by atoms with E-state index < -0.39 is 0 Å². The Kier molecular flexibility index (Phi) is 7.12. The first kappa shape index (κ1) is 28.7. The molecule has 0 radical (unpaired) electrons. The van der Waals surface area contributed by atoms with Crippen molar-refractivity contribution in [3.05, 3.63) is 175 Å². The minimum atomic E-state index is 0.710. The molecule has 0 aliphatic heterocycles. The summed E-state index contributed by atoms with van der Waals surface area (Å²) >= 11 is 8.35. The van der Waals surface area contributed by atoms with Gasteiger partial charge in [-0.25, -0.2) is 4.98 Å². The van der Waals surface area contributed by atoms with Crippen LogP contribution in [0, 0.1) is 0 Å². The summed E-state index contributed by atoms with van der Waals surface area (Å²) in [6, 6.07) is 60.6. The second-order valence-corrected chi connectivity index (χ2v) is 13.5. The van der Waals surface area contributed by atoms with Crippen molar-refractivity contribution in [1.29, 1.82) is 0 Å². The number of fused-ring (bicyclic) bond motifs is 3. The van der Waals surface area contributed by atoms with Gasteiger partial charge < -0.3 is 0 Å². The number of nitrogens with zero attached hydrogens (tertiary/aromatic N) is 1. The molecule has 0 saturated carbocycles. The molecule has 0 aliphatic carbocycles. The maximum atomic E-state index is 6.66. The number of aromatic nitrogens is 1. The van der Waals surface area contributed by atoms with Crippen LogP contribution in [0.4, 0.5) is 0 Å². The first-order chi connectivity index (χ1) is 23.7. The van der Waals surface area contributed by atoms with E-state index in [0.29, 0.717) is 5.02 Å². The van der Waals surface area contributed by atoms with Gasteiger partial charge in [-0.15, -0.1) is 11.3 Å². The van der Waals surface area contributed by atoms with Gasteiger partial charge in [0.1, 0.15) is 5.01 Å². The average Bonchev–Trinajstić information content (AvgIpc) is 3.58. The predicted molar refractivity (Wildman–Crippen MR) is 207 cm³/mol. The zero-order chi connectivity index (χ0) is 32.0. The average molecular weight is 650 g/mol. The Hall–Kier alpha value is -5.54. The van der Waals surface area contributed by atoms with Crippen molar-refractivity contribution < 1.29 is 0 Å². The van der Waals surface area contributed by atoms with Crippen molar-refractivity contribution in [2.75, 3.05) is 0 Å². The third-order valence-electron chi connectivity index (χ3n) is 9.21. The molecule has 0 atom stereocenters. The molecule has 0 saturated heterocycles. The van der Waals surface area contributed by atoms with E-state index in [9.17, 15) is 0 Å². The van der Waals surface area contributed by atoms with Crippen LogP contribution in [-0.2, 0) is 0 Å². The van der Waals surface area contributed by atoms with E-state index in [4.69, 9.17) is 16.6 Å². The van der Waals surface area contributed by atoms with Crippen LogP contribution in [0.5, 0.6) is 0 Å². The van der Waals surface area contributed by atoms with E-state index in [1.165, 1.54) is 49.4 Å². The van der Waals surface area contributed by atoms with Gasteiger partial charge in [0.05, 0.1) is 15.2 Å². The summed E-state index contributed by atoms with van der Waals surface area (Å²) in [5.41, 5.74) is 11.4. The largest absolute Gasteiger partial charge is 0.235 e. The van der Waals surface area contributed by atoms with E-state index in [-0.39, 0.29) is 0 Å². The Morgan fingerprint density at radius 1 is 0.396 bits per heavy atom. The predicted octanol–water partition coefficient (Wildman–Crippen LogP) is 13.6. The first-order valence-electron chi connectivity index (χ1n) is 16.1. The van der Waals surface area contributed by atoms with Gasteiger partial charge in [0.15, 0.2) is 0 Å². The van der Waals surface area contributed by atoms with E-state index in [1.807, 2.05) is 24.3 Å². The van der Waals surface area contributed by atoms with Crippen LogP contribution >= 0.6 is 22.9 Å². The molecule has 0 amide bonds. The summed E-state index contributed by atoms with van der Waals surface area (Å²) in [4.78, 5) is 5.19. The molecule has 1 heterocycles. The van der Waals surface area contributed by atoms with Crippen LogP contribution in [0.1, 0.15) is 0 Å². The topological polar surface area (TPSA) is 12.9 Å². The molecule has 226 valence electrons. The van der Waals surface area contributed by atoms with E-state index in [2.05, 4.69) is 146 Å². The quantitative estimate of drug-likeness (QED) is 0.181. The fraction of sp³-hybridized carbons (Fsp3) is 0. The molecule has 0 N–H and O–H groups in total. The summed E-state index contributed by atoms with van der Waals surface area (Å²) in [5, 5.41) is 6.65. The molecule has 9 rings (SSSR count). The summed E-state index contributed by atoms with van der Waals surface area (Å²) < 4.78 is 1.13. The van der Waals surface area contributed by atoms with Crippen molar-refractivity contribution in [1.82, 2.24) is 4.98 Å². The highest BCUT2D eigenvalue weighted by molar-refractivity contribution is 7.21. The Morgan fingerprint density at radius 2 is 0.875 bits per heavy atom. The Labute approximate surface area is 288 Å². The monoisotopic (exact) mass is 649 g/mol. The smallest absolute Gasteiger partial charge is 0.126 e. The Bertz CT molecular complexity index is 2610. The molecule has 1 aromatic heterocycles. The van der Waals surface area contributed by atoms with Gasteiger partial charge in [-0.1, -0.05) is 163 Å². The summed E-state index contributed by atoms with van der Waals surface area (Å²) in [6.07, 6.45) is 0. The number of hydrogen-bond donors (Lipinski definition) is 0. The summed E-state index contributed by atoms with van der Waals surface area (Å²) in [7, 11) is 0. The van der Waals surface area contributed by atoms with Gasteiger partial charge in [0.2, 0.25) is 0 Å². The number of thiazole rings is 1. The summed E-state index contributed by atoms with van der Waals surface area (Å²) in [5.74, 6) is 0. The van der Waals surface area contributed by atoms with Crippen LogP contribution < -0.4 is 0 Å². The minimum absolute atomic E-state index is 0.710. The SMILES string of the molecule is Clc1ccccc1-c1nc2c(-c3ccc(-c4cccc5ccccc45)cc3)cc(-c3ccc(-c4cccc5ccccc45)cc3)cc2s1. The molecular weight excluding hydrogens is 622 g/mol. The van der Waals surface area contributed by atoms with Gasteiger partial charge >= 0.3 is 0 Å². The van der Waals surface area contributed by atoms with Crippen LogP contribution in [0.3, 0.4) is 0 Å². The lowest BCUT2D eigenvalue weighted by Gasteiger charge is -2.11. The normalized spacial score (nSPS) is 11.4. The zero-order valence-corrected chi connectivity index (χ0v) is 27.5. The lowest BCUT2D eigenvalue weighted by atomic mass is 9.93. The van der Waals surface area contributed by atoms with Gasteiger partial charge in [0.25, 0.3) is 0 Å². The molecule has 1 nitrogen and oxygen atoms in total. The highest BCUT2D eigenvalue weighted by atomic mass is 35.5. The molecule has 48 heavy (non-hydrogen) atoms. The highest BCUT2D eigenvalue weighted by Gasteiger charge is 2.16. The Balaban J connectivity index is 1.17. The number of rotatable bonds is 5. The number of hydrogen-bond acceptors (Lipinski definition) is 2. The lowest BCUT2D eigenvalue weighted by molar-refractivity contribution is 1.47.